The summed E-state index contributed by atoms with van der Waals surface area (Å²) in [7, 11) is 0. The van der Waals surface area contributed by atoms with E-state index in [-0.39, 0.29) is 5.97 Å². The minimum atomic E-state index is -0.222. The van der Waals surface area contributed by atoms with Crippen LogP contribution in [0.1, 0.15) is 67.3 Å². The van der Waals surface area contributed by atoms with Crippen molar-refractivity contribution in [1.29, 1.82) is 0 Å². The lowest BCUT2D eigenvalue weighted by atomic mass is 9.96. The predicted molar refractivity (Wildman–Crippen MR) is 105 cm³/mol. The minimum Gasteiger partial charge on any atom is -0.462 e. The Morgan fingerprint density at radius 3 is 2.46 bits per heavy atom. The number of aryl methyl sites for hydroxylation is 1. The molecule has 1 aliphatic carbocycles. The maximum Gasteiger partial charge on any atom is 0.341 e. The van der Waals surface area contributed by atoms with Crippen molar-refractivity contribution < 1.29 is 9.53 Å². The van der Waals surface area contributed by atoms with Gasteiger partial charge in [-0.05, 0) is 64.2 Å². The Morgan fingerprint density at radius 2 is 1.83 bits per heavy atom. The number of rotatable bonds is 5. The van der Waals surface area contributed by atoms with Gasteiger partial charge >= 0.3 is 5.97 Å². The summed E-state index contributed by atoms with van der Waals surface area (Å²) in [6.07, 6.45) is 6.84. The van der Waals surface area contributed by atoms with E-state index in [1.165, 1.54) is 29.7 Å². The first-order chi connectivity index (χ1) is 11.6. The summed E-state index contributed by atoms with van der Waals surface area (Å²) in [5.41, 5.74) is 1.90. The first-order valence-electron chi connectivity index (χ1n) is 8.99. The quantitative estimate of drug-likeness (QED) is 0.606. The van der Waals surface area contributed by atoms with Crippen molar-refractivity contribution >= 4 is 39.6 Å². The monoisotopic (exact) mass is 368 g/mol. The number of thiophene rings is 1. The van der Waals surface area contributed by atoms with Crippen LogP contribution in [0.3, 0.4) is 0 Å². The van der Waals surface area contributed by atoms with Crippen LogP contribution in [0.2, 0.25) is 0 Å². The van der Waals surface area contributed by atoms with Gasteiger partial charge in [-0.3, -0.25) is 0 Å². The zero-order valence-electron chi connectivity index (χ0n) is 14.9. The second kappa shape index (κ2) is 9.37. The fourth-order valence-corrected chi connectivity index (χ4v) is 4.81. The molecule has 24 heavy (non-hydrogen) atoms. The Bertz CT molecular complexity index is 580. The van der Waals surface area contributed by atoms with Gasteiger partial charge in [-0.1, -0.05) is 12.8 Å². The molecule has 0 saturated heterocycles. The Labute approximate surface area is 154 Å². The molecule has 0 aromatic carbocycles. The molecule has 1 heterocycles. The van der Waals surface area contributed by atoms with Crippen LogP contribution >= 0.6 is 23.6 Å². The van der Waals surface area contributed by atoms with E-state index in [2.05, 4.69) is 24.1 Å². The molecule has 6 heteroatoms. The molecule has 0 bridgehead atoms. The molecule has 0 atom stereocenters. The topological polar surface area (TPSA) is 41.6 Å². The third kappa shape index (κ3) is 4.48. The van der Waals surface area contributed by atoms with Gasteiger partial charge in [0.25, 0.3) is 0 Å². The number of esters is 1. The molecule has 0 aliphatic heterocycles. The Morgan fingerprint density at radius 1 is 1.17 bits per heavy atom. The zero-order chi connectivity index (χ0) is 17.5. The third-order valence-corrected chi connectivity index (χ3v) is 5.99. The predicted octanol–water partition coefficient (Wildman–Crippen LogP) is 4.62. The molecule has 0 amide bonds. The van der Waals surface area contributed by atoms with Crippen LogP contribution in [0, 0.1) is 0 Å². The van der Waals surface area contributed by atoms with Crippen LogP contribution in [0.5, 0.6) is 0 Å². The third-order valence-electron chi connectivity index (χ3n) is 4.42. The highest BCUT2D eigenvalue weighted by molar-refractivity contribution is 7.80. The van der Waals surface area contributed by atoms with Crippen molar-refractivity contribution in [3.8, 4) is 0 Å². The minimum absolute atomic E-state index is 0.222. The van der Waals surface area contributed by atoms with Gasteiger partial charge in [-0.2, -0.15) is 0 Å². The smallest absolute Gasteiger partial charge is 0.341 e. The number of fused-ring (bicyclic) bond motifs is 1. The summed E-state index contributed by atoms with van der Waals surface area (Å²) < 4.78 is 5.33. The molecule has 0 fully saturated rings. The number of anilines is 1. The van der Waals surface area contributed by atoms with Crippen molar-refractivity contribution in [2.75, 3.05) is 25.0 Å². The molecule has 0 spiro atoms. The zero-order valence-corrected chi connectivity index (χ0v) is 16.6. The number of hydrogen-bond acceptors (Lipinski definition) is 4. The first-order valence-corrected chi connectivity index (χ1v) is 10.2. The van der Waals surface area contributed by atoms with Crippen molar-refractivity contribution in [1.82, 2.24) is 4.90 Å². The van der Waals surface area contributed by atoms with E-state index in [9.17, 15) is 4.79 Å². The number of carbonyl (C=O) groups is 1. The molecule has 2 rings (SSSR count). The van der Waals surface area contributed by atoms with E-state index in [1.807, 2.05) is 6.92 Å². The molecule has 0 unspecified atom stereocenters. The number of nitrogens with one attached hydrogen (secondary N) is 1. The van der Waals surface area contributed by atoms with Crippen molar-refractivity contribution in [2.45, 2.75) is 59.3 Å². The largest absolute Gasteiger partial charge is 0.462 e. The SMILES string of the molecule is CCOC(=O)c1c(NC(=S)N(CC)CC)sc2c1CCCCCC2. The number of thiocarbonyl (C=S) groups is 1. The van der Waals surface area contributed by atoms with Gasteiger partial charge in [0.2, 0.25) is 0 Å². The molecule has 1 aliphatic rings. The van der Waals surface area contributed by atoms with Crippen LogP contribution in [0.15, 0.2) is 0 Å². The fraction of sp³-hybridized carbons (Fsp3) is 0.667. The lowest BCUT2D eigenvalue weighted by Crippen LogP contribution is -2.34. The molecule has 1 aromatic rings. The molecule has 4 nitrogen and oxygen atoms in total. The maximum absolute atomic E-state index is 12.6. The van der Waals surface area contributed by atoms with Crippen LogP contribution < -0.4 is 5.32 Å². The van der Waals surface area contributed by atoms with Gasteiger partial charge in [0.05, 0.1) is 12.2 Å². The van der Waals surface area contributed by atoms with Crippen LogP contribution in [0.25, 0.3) is 0 Å². The van der Waals surface area contributed by atoms with Gasteiger partial charge in [0.15, 0.2) is 5.11 Å². The van der Waals surface area contributed by atoms with Gasteiger partial charge in [0.1, 0.15) is 5.00 Å². The summed E-state index contributed by atoms with van der Waals surface area (Å²) in [6, 6.07) is 0. The summed E-state index contributed by atoms with van der Waals surface area (Å²) in [5, 5.41) is 4.86. The van der Waals surface area contributed by atoms with Gasteiger partial charge < -0.3 is 15.0 Å². The summed E-state index contributed by atoms with van der Waals surface area (Å²) in [4.78, 5) is 16.0. The first kappa shape index (κ1) is 19.2. The number of ether oxygens (including phenoxy) is 1. The van der Waals surface area contributed by atoms with Crippen LogP contribution in [-0.2, 0) is 17.6 Å². The number of carbonyl (C=O) groups excluding carboxylic acids is 1. The second-order valence-corrected chi connectivity index (χ2v) is 7.44. The molecule has 134 valence electrons. The van der Waals surface area contributed by atoms with Gasteiger partial charge in [-0.25, -0.2) is 4.79 Å². The highest BCUT2D eigenvalue weighted by Crippen LogP contribution is 2.37. The average molecular weight is 369 g/mol. The summed E-state index contributed by atoms with van der Waals surface area (Å²) in [6.45, 7) is 8.10. The van der Waals surface area contributed by atoms with Crippen molar-refractivity contribution in [3.05, 3.63) is 16.0 Å². The van der Waals surface area contributed by atoms with E-state index in [1.54, 1.807) is 11.3 Å². The molecule has 1 N–H and O–H groups in total. The molecular formula is C18H28N2O2S2. The highest BCUT2D eigenvalue weighted by Gasteiger charge is 2.26. The average Bonchev–Trinajstić information content (AvgIpc) is 2.85. The van der Waals surface area contributed by atoms with Crippen molar-refractivity contribution in [3.63, 3.8) is 0 Å². The fourth-order valence-electron chi connectivity index (χ4n) is 3.11. The summed E-state index contributed by atoms with van der Waals surface area (Å²) in [5.74, 6) is -0.222. The normalized spacial score (nSPS) is 14.3. The van der Waals surface area contributed by atoms with Crippen LogP contribution in [0.4, 0.5) is 5.00 Å². The Kier molecular flexibility index (Phi) is 7.49. The molecular weight excluding hydrogens is 340 g/mol. The summed E-state index contributed by atoms with van der Waals surface area (Å²) >= 11 is 7.21. The van der Waals surface area contributed by atoms with E-state index >= 15 is 0 Å². The lowest BCUT2D eigenvalue weighted by Gasteiger charge is -2.22. The van der Waals surface area contributed by atoms with E-state index in [4.69, 9.17) is 17.0 Å². The molecule has 1 aromatic heterocycles. The second-order valence-electron chi connectivity index (χ2n) is 5.95. The van der Waals surface area contributed by atoms with E-state index < -0.39 is 0 Å². The van der Waals surface area contributed by atoms with E-state index in [0.29, 0.717) is 17.3 Å². The Balaban J connectivity index is 2.36. The number of nitrogens with zero attached hydrogens (tertiary/aromatic N) is 1. The standard InChI is InChI=1S/C18H28N2O2S2/c1-4-20(5-2)18(23)19-16-15(17(21)22-6-3)13-11-9-7-8-10-12-14(13)24-16/h4-12H2,1-3H3,(H,19,23). The lowest BCUT2D eigenvalue weighted by molar-refractivity contribution is 0.0526. The number of hydrogen-bond donors (Lipinski definition) is 1. The Hall–Kier alpha value is -1.14. The molecule has 0 saturated carbocycles. The van der Waals surface area contributed by atoms with Crippen LogP contribution in [-0.4, -0.2) is 35.7 Å². The van der Waals surface area contributed by atoms with Crippen molar-refractivity contribution in [2.24, 2.45) is 0 Å². The molecule has 0 radical (unpaired) electrons. The highest BCUT2D eigenvalue weighted by atomic mass is 32.1. The van der Waals surface area contributed by atoms with Gasteiger partial charge in [-0.15, -0.1) is 11.3 Å². The maximum atomic E-state index is 12.6. The van der Waals surface area contributed by atoms with Gasteiger partial charge in [0, 0.05) is 18.0 Å². The van der Waals surface area contributed by atoms with E-state index in [0.717, 1.165) is 37.4 Å².